The maximum absolute atomic E-state index is 12.1. The maximum Gasteiger partial charge on any atom is 0.215 e. The Morgan fingerprint density at radius 3 is 2.19 bits per heavy atom. The molecule has 6 heteroatoms. The highest BCUT2D eigenvalue weighted by molar-refractivity contribution is 9.11. The SMILES string of the molecule is Nc1ccc(S(=O)(=O)c2ccc(Br)s2)cc1. The third kappa shape index (κ3) is 2.14. The number of hydrogen-bond donors (Lipinski definition) is 1. The lowest BCUT2D eigenvalue weighted by Gasteiger charge is -2.01. The van der Waals surface area contributed by atoms with E-state index in [-0.39, 0.29) is 4.90 Å². The van der Waals surface area contributed by atoms with Gasteiger partial charge in [0.05, 0.1) is 8.68 Å². The Kier molecular flexibility index (Phi) is 3.05. The molecule has 0 spiro atoms. The van der Waals surface area contributed by atoms with Crippen molar-refractivity contribution < 1.29 is 8.42 Å². The minimum absolute atomic E-state index is 0.260. The molecule has 0 radical (unpaired) electrons. The summed E-state index contributed by atoms with van der Waals surface area (Å²) in [5.41, 5.74) is 6.06. The normalized spacial score (nSPS) is 11.6. The summed E-state index contributed by atoms with van der Waals surface area (Å²) in [7, 11) is -3.40. The first-order valence-electron chi connectivity index (χ1n) is 4.36. The lowest BCUT2D eigenvalue weighted by atomic mass is 10.3. The molecule has 0 fully saturated rings. The first-order valence-corrected chi connectivity index (χ1v) is 7.45. The molecule has 0 atom stereocenters. The minimum Gasteiger partial charge on any atom is -0.399 e. The summed E-state index contributed by atoms with van der Waals surface area (Å²) >= 11 is 4.43. The van der Waals surface area contributed by atoms with Crippen molar-refractivity contribution in [3.63, 3.8) is 0 Å². The van der Waals surface area contributed by atoms with E-state index in [0.29, 0.717) is 9.90 Å². The second-order valence-electron chi connectivity index (χ2n) is 3.13. The number of nitrogens with two attached hydrogens (primary N) is 1. The standard InChI is InChI=1S/C10H8BrNO2S2/c11-9-5-6-10(15-9)16(13,14)8-3-1-7(12)2-4-8/h1-6H,12H2. The first kappa shape index (κ1) is 11.6. The van der Waals surface area contributed by atoms with Gasteiger partial charge in [-0.25, -0.2) is 8.42 Å². The van der Waals surface area contributed by atoms with E-state index in [4.69, 9.17) is 5.73 Å². The third-order valence-corrected chi connectivity index (χ3v) is 5.89. The molecule has 2 N–H and O–H groups in total. The topological polar surface area (TPSA) is 60.2 Å². The highest BCUT2D eigenvalue weighted by Crippen LogP contribution is 2.30. The lowest BCUT2D eigenvalue weighted by molar-refractivity contribution is 0.598. The Morgan fingerprint density at radius 1 is 1.06 bits per heavy atom. The molecule has 0 saturated heterocycles. The molecule has 2 aromatic rings. The first-order chi connectivity index (χ1) is 7.50. The Morgan fingerprint density at radius 2 is 1.69 bits per heavy atom. The van der Waals surface area contributed by atoms with E-state index in [2.05, 4.69) is 15.9 Å². The summed E-state index contributed by atoms with van der Waals surface area (Å²) in [6.07, 6.45) is 0. The van der Waals surface area contributed by atoms with Crippen molar-refractivity contribution in [2.45, 2.75) is 9.10 Å². The Bertz CT molecular complexity index is 602. The van der Waals surface area contributed by atoms with E-state index in [1.807, 2.05) is 0 Å². The summed E-state index contributed by atoms with van der Waals surface area (Å²) in [5, 5.41) is 0. The van der Waals surface area contributed by atoms with Gasteiger partial charge in [0.25, 0.3) is 0 Å². The molecule has 1 heterocycles. The largest absolute Gasteiger partial charge is 0.399 e. The summed E-state index contributed by atoms with van der Waals surface area (Å²) in [5.74, 6) is 0. The maximum atomic E-state index is 12.1. The molecule has 1 aromatic heterocycles. The molecule has 0 aliphatic carbocycles. The number of halogens is 1. The average Bonchev–Trinajstić information content (AvgIpc) is 2.66. The van der Waals surface area contributed by atoms with E-state index in [0.717, 1.165) is 3.79 Å². The Hall–Kier alpha value is -0.850. The van der Waals surface area contributed by atoms with Crippen LogP contribution in [0.25, 0.3) is 0 Å². The molecule has 2 rings (SSSR count). The molecule has 0 bridgehead atoms. The van der Waals surface area contributed by atoms with Crippen LogP contribution in [-0.4, -0.2) is 8.42 Å². The van der Waals surface area contributed by atoms with Gasteiger partial charge in [-0.15, -0.1) is 11.3 Å². The van der Waals surface area contributed by atoms with Crippen molar-refractivity contribution in [2.24, 2.45) is 0 Å². The van der Waals surface area contributed by atoms with Crippen LogP contribution in [0.1, 0.15) is 0 Å². The van der Waals surface area contributed by atoms with Crippen LogP contribution in [0, 0.1) is 0 Å². The van der Waals surface area contributed by atoms with Crippen molar-refractivity contribution in [3.8, 4) is 0 Å². The molecule has 0 unspecified atom stereocenters. The van der Waals surface area contributed by atoms with Crippen LogP contribution in [-0.2, 0) is 9.84 Å². The van der Waals surface area contributed by atoms with Gasteiger partial charge >= 0.3 is 0 Å². The Labute approximate surface area is 106 Å². The molecule has 0 saturated carbocycles. The van der Waals surface area contributed by atoms with Crippen LogP contribution in [0.3, 0.4) is 0 Å². The van der Waals surface area contributed by atoms with E-state index >= 15 is 0 Å². The molecular weight excluding hydrogens is 310 g/mol. The number of thiophene rings is 1. The van der Waals surface area contributed by atoms with Crippen LogP contribution in [0.15, 0.2) is 49.3 Å². The highest BCUT2D eigenvalue weighted by Gasteiger charge is 2.19. The van der Waals surface area contributed by atoms with Crippen LogP contribution < -0.4 is 5.73 Å². The van der Waals surface area contributed by atoms with Gasteiger partial charge in [-0.05, 0) is 52.3 Å². The van der Waals surface area contributed by atoms with Gasteiger partial charge in [-0.1, -0.05) is 0 Å². The molecule has 3 nitrogen and oxygen atoms in total. The average molecular weight is 318 g/mol. The van der Waals surface area contributed by atoms with E-state index < -0.39 is 9.84 Å². The van der Waals surface area contributed by atoms with Crippen molar-refractivity contribution in [2.75, 3.05) is 5.73 Å². The predicted octanol–water partition coefficient (Wildman–Crippen LogP) is 2.93. The van der Waals surface area contributed by atoms with Crippen molar-refractivity contribution in [1.82, 2.24) is 0 Å². The third-order valence-electron chi connectivity index (χ3n) is 2.00. The van der Waals surface area contributed by atoms with Crippen molar-refractivity contribution >= 4 is 42.8 Å². The predicted molar refractivity (Wildman–Crippen MR) is 68.3 cm³/mol. The minimum atomic E-state index is -3.40. The fraction of sp³-hybridized carbons (Fsp3) is 0. The van der Waals surface area contributed by atoms with Gasteiger partial charge in [0.1, 0.15) is 4.21 Å². The van der Waals surface area contributed by atoms with Crippen LogP contribution in [0.4, 0.5) is 5.69 Å². The molecule has 84 valence electrons. The van der Waals surface area contributed by atoms with Gasteiger partial charge in [0, 0.05) is 5.69 Å². The van der Waals surface area contributed by atoms with Crippen LogP contribution >= 0.6 is 27.3 Å². The summed E-state index contributed by atoms with van der Waals surface area (Å²) in [6.45, 7) is 0. The number of anilines is 1. The van der Waals surface area contributed by atoms with Gasteiger partial charge in [0.15, 0.2) is 0 Å². The second-order valence-corrected chi connectivity index (χ2v) is 7.77. The monoisotopic (exact) mass is 317 g/mol. The zero-order valence-corrected chi connectivity index (χ0v) is 11.3. The van der Waals surface area contributed by atoms with Crippen molar-refractivity contribution in [1.29, 1.82) is 0 Å². The second kappa shape index (κ2) is 4.20. The highest BCUT2D eigenvalue weighted by atomic mass is 79.9. The quantitative estimate of drug-likeness (QED) is 0.866. The van der Waals surface area contributed by atoms with Gasteiger partial charge in [0.2, 0.25) is 9.84 Å². The molecule has 0 aliphatic heterocycles. The molecule has 16 heavy (non-hydrogen) atoms. The number of hydrogen-bond acceptors (Lipinski definition) is 4. The van der Waals surface area contributed by atoms with E-state index in [1.165, 1.54) is 23.5 Å². The van der Waals surface area contributed by atoms with Crippen molar-refractivity contribution in [3.05, 3.63) is 40.2 Å². The number of benzene rings is 1. The fourth-order valence-electron chi connectivity index (χ4n) is 1.21. The summed E-state index contributed by atoms with van der Waals surface area (Å²) < 4.78 is 25.3. The smallest absolute Gasteiger partial charge is 0.215 e. The number of nitrogen functional groups attached to an aromatic ring is 1. The zero-order chi connectivity index (χ0) is 11.8. The molecule has 0 amide bonds. The zero-order valence-electron chi connectivity index (χ0n) is 8.05. The summed E-state index contributed by atoms with van der Waals surface area (Å²) in [6, 6.07) is 9.48. The molecular formula is C10H8BrNO2S2. The number of sulfone groups is 1. The van der Waals surface area contributed by atoms with E-state index in [9.17, 15) is 8.42 Å². The van der Waals surface area contributed by atoms with E-state index in [1.54, 1.807) is 24.3 Å². The van der Waals surface area contributed by atoms with Gasteiger partial charge in [-0.3, -0.25) is 0 Å². The lowest BCUT2D eigenvalue weighted by Crippen LogP contribution is -1.99. The Balaban J connectivity index is 2.51. The molecule has 0 aliphatic rings. The van der Waals surface area contributed by atoms with Gasteiger partial charge < -0.3 is 5.73 Å². The van der Waals surface area contributed by atoms with Crippen LogP contribution in [0.2, 0.25) is 0 Å². The fourth-order valence-corrected chi connectivity index (χ4v) is 4.62. The van der Waals surface area contributed by atoms with Gasteiger partial charge in [-0.2, -0.15) is 0 Å². The summed E-state index contributed by atoms with van der Waals surface area (Å²) in [4.78, 5) is 0.260. The number of rotatable bonds is 2. The van der Waals surface area contributed by atoms with Crippen LogP contribution in [0.5, 0.6) is 0 Å². The molecule has 1 aromatic carbocycles.